The van der Waals surface area contributed by atoms with E-state index in [0.29, 0.717) is 0 Å². The summed E-state index contributed by atoms with van der Waals surface area (Å²) < 4.78 is 11.0. The Hall–Kier alpha value is -2.55. The van der Waals surface area contributed by atoms with Gasteiger partial charge in [0.15, 0.2) is 0 Å². The van der Waals surface area contributed by atoms with Gasteiger partial charge < -0.3 is 9.47 Å². The quantitative estimate of drug-likeness (QED) is 0.657. The Bertz CT molecular complexity index is 912. The maximum absolute atomic E-state index is 5.57. The van der Waals surface area contributed by atoms with Gasteiger partial charge in [-0.3, -0.25) is 4.98 Å². The zero-order valence-electron chi connectivity index (χ0n) is 12.7. The number of nitrogens with zero attached hydrogens (tertiary/aromatic N) is 1. The first-order valence-electron chi connectivity index (χ1n) is 7.44. The van der Waals surface area contributed by atoms with Crippen molar-refractivity contribution < 1.29 is 9.47 Å². The van der Waals surface area contributed by atoms with E-state index in [-0.39, 0.29) is 0 Å². The fourth-order valence-corrected chi connectivity index (χ4v) is 3.23. The van der Waals surface area contributed by atoms with Crippen molar-refractivity contribution in [3.05, 3.63) is 47.7 Å². The van der Waals surface area contributed by atoms with E-state index in [1.807, 2.05) is 18.3 Å². The molecule has 1 heterocycles. The first-order chi connectivity index (χ1) is 10.8. The Labute approximate surface area is 129 Å². The lowest BCUT2D eigenvalue weighted by Gasteiger charge is -2.15. The lowest BCUT2D eigenvalue weighted by atomic mass is 9.93. The molecule has 0 saturated heterocycles. The molecule has 3 heteroatoms. The molecule has 1 aliphatic rings. The Morgan fingerprint density at radius 3 is 2.68 bits per heavy atom. The van der Waals surface area contributed by atoms with Crippen LogP contribution in [-0.2, 0) is 6.42 Å². The van der Waals surface area contributed by atoms with Crippen molar-refractivity contribution in [2.24, 2.45) is 0 Å². The maximum Gasteiger partial charge on any atom is 0.145 e. The topological polar surface area (TPSA) is 31.4 Å². The number of hydrogen-bond acceptors (Lipinski definition) is 3. The predicted octanol–water partition coefficient (Wildman–Crippen LogP) is 4.36. The number of pyridine rings is 1. The first-order valence-corrected chi connectivity index (χ1v) is 7.44. The number of fused-ring (bicyclic) bond motifs is 4. The molecule has 2 aromatic carbocycles. The van der Waals surface area contributed by atoms with E-state index in [9.17, 15) is 0 Å². The van der Waals surface area contributed by atoms with Crippen molar-refractivity contribution in [1.29, 1.82) is 0 Å². The van der Waals surface area contributed by atoms with Crippen LogP contribution in [0.5, 0.6) is 11.5 Å². The largest absolute Gasteiger partial charge is 0.496 e. The van der Waals surface area contributed by atoms with Gasteiger partial charge in [-0.2, -0.15) is 0 Å². The summed E-state index contributed by atoms with van der Waals surface area (Å²) in [5.41, 5.74) is 3.52. The minimum atomic E-state index is 0.773. The average Bonchev–Trinajstić information content (AvgIpc) is 2.58. The van der Waals surface area contributed by atoms with Gasteiger partial charge in [0.05, 0.1) is 19.6 Å². The Kier molecular flexibility index (Phi) is 3.00. The van der Waals surface area contributed by atoms with Gasteiger partial charge in [0.2, 0.25) is 0 Å². The second kappa shape index (κ2) is 5.02. The molecule has 0 amide bonds. The van der Waals surface area contributed by atoms with Gasteiger partial charge in [-0.25, -0.2) is 0 Å². The highest BCUT2D eigenvalue weighted by Gasteiger charge is 2.14. The number of aryl methyl sites for hydroxylation is 1. The fourth-order valence-electron chi connectivity index (χ4n) is 3.23. The lowest BCUT2D eigenvalue weighted by Crippen LogP contribution is -1.97. The van der Waals surface area contributed by atoms with E-state index in [0.717, 1.165) is 40.6 Å². The summed E-state index contributed by atoms with van der Waals surface area (Å²) in [5, 5.41) is 3.33. The predicted molar refractivity (Wildman–Crippen MR) is 89.7 cm³/mol. The van der Waals surface area contributed by atoms with Crippen molar-refractivity contribution >= 4 is 27.8 Å². The van der Waals surface area contributed by atoms with E-state index in [2.05, 4.69) is 29.3 Å². The summed E-state index contributed by atoms with van der Waals surface area (Å²) >= 11 is 0. The van der Waals surface area contributed by atoms with Crippen LogP contribution in [-0.4, -0.2) is 19.2 Å². The van der Waals surface area contributed by atoms with Gasteiger partial charge in [0, 0.05) is 11.6 Å². The van der Waals surface area contributed by atoms with Crippen molar-refractivity contribution in [2.45, 2.75) is 12.8 Å². The molecule has 110 valence electrons. The van der Waals surface area contributed by atoms with Gasteiger partial charge in [-0.1, -0.05) is 12.2 Å². The van der Waals surface area contributed by atoms with E-state index in [1.54, 1.807) is 14.2 Å². The molecule has 0 bridgehead atoms. The standard InChI is InChI=1S/C19H17NO2/c1-21-16-7-8-17(22-2)19-18(16)15-10-13-6-4-3-5-12(13)9-14(15)11-20-19/h3,5,7-11H,4,6H2,1-2H3. The fraction of sp³-hybridized carbons (Fsp3) is 0.211. The van der Waals surface area contributed by atoms with Gasteiger partial charge in [0.1, 0.15) is 17.0 Å². The molecule has 3 aromatic rings. The summed E-state index contributed by atoms with van der Waals surface area (Å²) in [5.74, 6) is 1.61. The summed E-state index contributed by atoms with van der Waals surface area (Å²) in [6, 6.07) is 8.34. The molecule has 1 aliphatic carbocycles. The number of ether oxygens (including phenoxy) is 2. The minimum absolute atomic E-state index is 0.773. The number of allylic oxidation sites excluding steroid dienone is 1. The SMILES string of the molecule is COc1ccc(OC)c2c1ncc1cc3c(cc12)CCC=C3. The molecule has 4 rings (SSSR count). The number of hydrogen-bond donors (Lipinski definition) is 0. The van der Waals surface area contributed by atoms with E-state index >= 15 is 0 Å². The monoisotopic (exact) mass is 291 g/mol. The molecule has 0 aliphatic heterocycles. The van der Waals surface area contributed by atoms with Gasteiger partial charge in [0.25, 0.3) is 0 Å². The molecule has 22 heavy (non-hydrogen) atoms. The molecule has 1 aromatic heterocycles. The molecular weight excluding hydrogens is 274 g/mol. The van der Waals surface area contributed by atoms with Crippen LogP contribution >= 0.6 is 0 Å². The van der Waals surface area contributed by atoms with E-state index < -0.39 is 0 Å². The van der Waals surface area contributed by atoms with E-state index in [4.69, 9.17) is 9.47 Å². The summed E-state index contributed by atoms with van der Waals surface area (Å²) in [6.45, 7) is 0. The van der Waals surface area contributed by atoms with Crippen LogP contribution < -0.4 is 9.47 Å². The lowest BCUT2D eigenvalue weighted by molar-refractivity contribution is 0.410. The third-order valence-electron chi connectivity index (χ3n) is 4.33. The molecule has 0 radical (unpaired) electrons. The Morgan fingerprint density at radius 2 is 1.86 bits per heavy atom. The molecule has 0 fully saturated rings. The maximum atomic E-state index is 5.57. The van der Waals surface area contributed by atoms with Crippen molar-refractivity contribution in [2.75, 3.05) is 14.2 Å². The highest BCUT2D eigenvalue weighted by atomic mass is 16.5. The van der Waals surface area contributed by atoms with Gasteiger partial charge >= 0.3 is 0 Å². The van der Waals surface area contributed by atoms with Gasteiger partial charge in [-0.05, 0) is 53.6 Å². The third-order valence-corrected chi connectivity index (χ3v) is 4.33. The first kappa shape index (κ1) is 13.1. The Morgan fingerprint density at radius 1 is 1.05 bits per heavy atom. The van der Waals surface area contributed by atoms with E-state index in [1.165, 1.54) is 16.5 Å². The van der Waals surface area contributed by atoms with Crippen molar-refractivity contribution in [3.8, 4) is 11.5 Å². The normalized spacial score (nSPS) is 13.4. The molecule has 0 saturated carbocycles. The molecule has 3 nitrogen and oxygen atoms in total. The highest BCUT2D eigenvalue weighted by molar-refractivity contribution is 6.11. The van der Waals surface area contributed by atoms with Crippen LogP contribution in [0.4, 0.5) is 0 Å². The summed E-state index contributed by atoms with van der Waals surface area (Å²) in [7, 11) is 3.37. The van der Waals surface area contributed by atoms with Crippen molar-refractivity contribution in [1.82, 2.24) is 4.98 Å². The van der Waals surface area contributed by atoms with Crippen LogP contribution in [0, 0.1) is 0 Å². The van der Waals surface area contributed by atoms with Crippen LogP contribution in [0.1, 0.15) is 17.5 Å². The van der Waals surface area contributed by atoms with Gasteiger partial charge in [-0.15, -0.1) is 0 Å². The molecular formula is C19H17NO2. The van der Waals surface area contributed by atoms with Crippen LogP contribution in [0.3, 0.4) is 0 Å². The number of aromatic nitrogens is 1. The average molecular weight is 291 g/mol. The van der Waals surface area contributed by atoms with Crippen LogP contribution in [0.2, 0.25) is 0 Å². The number of methoxy groups -OCH3 is 2. The number of rotatable bonds is 2. The second-order valence-electron chi connectivity index (χ2n) is 5.53. The molecule has 0 atom stereocenters. The summed E-state index contributed by atoms with van der Waals surface area (Å²) in [4.78, 5) is 4.61. The zero-order chi connectivity index (χ0) is 15.1. The molecule has 0 N–H and O–H groups in total. The van der Waals surface area contributed by atoms with Crippen LogP contribution in [0.25, 0.3) is 27.8 Å². The zero-order valence-corrected chi connectivity index (χ0v) is 12.7. The van der Waals surface area contributed by atoms with Crippen LogP contribution in [0.15, 0.2) is 36.5 Å². The minimum Gasteiger partial charge on any atom is -0.496 e. The second-order valence-corrected chi connectivity index (χ2v) is 5.53. The molecule has 0 unspecified atom stereocenters. The Balaban J connectivity index is 2.15. The highest BCUT2D eigenvalue weighted by Crippen LogP contribution is 2.38. The summed E-state index contributed by atoms with van der Waals surface area (Å²) in [6.07, 6.45) is 8.53. The third kappa shape index (κ3) is 1.86. The molecule has 0 spiro atoms. The smallest absolute Gasteiger partial charge is 0.145 e. The van der Waals surface area contributed by atoms with Crippen molar-refractivity contribution in [3.63, 3.8) is 0 Å². The number of benzene rings is 2.